The number of aromatic nitrogens is 2. The Balaban J connectivity index is 1.55. The largest absolute Gasteiger partial charge is 0.353 e. The molecule has 0 bridgehead atoms. The number of hydrogen-bond acceptors (Lipinski definition) is 3. The molecule has 1 aliphatic carbocycles. The fourth-order valence-electron chi connectivity index (χ4n) is 4.76. The quantitative estimate of drug-likeness (QED) is 0.829. The molecule has 0 spiro atoms. The van der Waals surface area contributed by atoms with E-state index in [0.29, 0.717) is 6.54 Å². The summed E-state index contributed by atoms with van der Waals surface area (Å²) in [5, 5.41) is 11.8. The van der Waals surface area contributed by atoms with Crippen LogP contribution in [0, 0.1) is 0 Å². The predicted molar refractivity (Wildman–Crippen MR) is 107 cm³/mol. The summed E-state index contributed by atoms with van der Waals surface area (Å²) >= 11 is 6.08. The van der Waals surface area contributed by atoms with E-state index in [9.17, 15) is 4.79 Å². The van der Waals surface area contributed by atoms with Gasteiger partial charge in [0.05, 0.1) is 0 Å². The molecule has 1 aliphatic heterocycles. The summed E-state index contributed by atoms with van der Waals surface area (Å²) in [6.07, 6.45) is 9.79. The first-order chi connectivity index (χ1) is 13.1. The summed E-state index contributed by atoms with van der Waals surface area (Å²) in [4.78, 5) is 13.4. The van der Waals surface area contributed by atoms with Crippen molar-refractivity contribution in [2.75, 3.05) is 19.6 Å². The van der Waals surface area contributed by atoms with Gasteiger partial charge in [-0.05, 0) is 62.5 Å². The molecule has 27 heavy (non-hydrogen) atoms. The van der Waals surface area contributed by atoms with Crippen molar-refractivity contribution >= 4 is 17.5 Å². The van der Waals surface area contributed by atoms with Crippen molar-refractivity contribution in [2.24, 2.45) is 0 Å². The Morgan fingerprint density at radius 3 is 2.48 bits per heavy atom. The highest BCUT2D eigenvalue weighted by atomic mass is 35.5. The van der Waals surface area contributed by atoms with Gasteiger partial charge in [-0.3, -0.25) is 9.48 Å². The number of piperidine rings is 1. The molecule has 2 aliphatic rings. The minimum Gasteiger partial charge on any atom is -0.353 e. The van der Waals surface area contributed by atoms with Gasteiger partial charge >= 0.3 is 0 Å². The summed E-state index contributed by atoms with van der Waals surface area (Å²) in [6, 6.07) is 10.0. The summed E-state index contributed by atoms with van der Waals surface area (Å²) < 4.78 is 1.85. The van der Waals surface area contributed by atoms with Crippen molar-refractivity contribution in [2.45, 2.75) is 49.5 Å². The summed E-state index contributed by atoms with van der Waals surface area (Å²) in [6.45, 7) is 2.33. The zero-order valence-corrected chi connectivity index (χ0v) is 16.3. The lowest BCUT2D eigenvalue weighted by Gasteiger charge is -2.38. The minimum absolute atomic E-state index is 0.0124. The topological polar surface area (TPSA) is 59.0 Å². The first-order valence-electron chi connectivity index (χ1n) is 9.90. The number of carbonyl (C=O) groups is 1. The molecule has 5 nitrogen and oxygen atoms in total. The number of amides is 1. The smallest absolute Gasteiger partial charge is 0.248 e. The molecule has 4 rings (SSSR count). The van der Waals surface area contributed by atoms with Gasteiger partial charge in [0.15, 0.2) is 0 Å². The van der Waals surface area contributed by atoms with E-state index in [4.69, 9.17) is 11.6 Å². The van der Waals surface area contributed by atoms with Crippen molar-refractivity contribution in [3.05, 3.63) is 53.3 Å². The van der Waals surface area contributed by atoms with Crippen LogP contribution >= 0.6 is 11.6 Å². The van der Waals surface area contributed by atoms with Gasteiger partial charge in [0.25, 0.3) is 0 Å². The van der Waals surface area contributed by atoms with Crippen LogP contribution in [0.2, 0.25) is 5.02 Å². The molecule has 0 radical (unpaired) electrons. The monoisotopic (exact) mass is 386 g/mol. The Hall–Kier alpha value is -1.85. The van der Waals surface area contributed by atoms with E-state index in [1.807, 2.05) is 29.1 Å². The van der Waals surface area contributed by atoms with Crippen LogP contribution in [0.5, 0.6) is 0 Å². The van der Waals surface area contributed by atoms with Gasteiger partial charge in [-0.1, -0.05) is 36.6 Å². The molecule has 0 unspecified atom stereocenters. The molecule has 1 saturated heterocycles. The first-order valence-corrected chi connectivity index (χ1v) is 10.3. The lowest BCUT2D eigenvalue weighted by molar-refractivity contribution is -0.132. The lowest BCUT2D eigenvalue weighted by atomic mass is 9.78. The molecule has 1 amide bonds. The number of benzene rings is 1. The fraction of sp³-hybridized carbons (Fsp3) is 0.524. The lowest BCUT2D eigenvalue weighted by Crippen LogP contribution is -2.56. The highest BCUT2D eigenvalue weighted by Gasteiger charge is 2.43. The zero-order valence-electron chi connectivity index (χ0n) is 15.6. The molecular formula is C21H27ClN4O. The van der Waals surface area contributed by atoms with Crippen molar-refractivity contribution in [1.29, 1.82) is 0 Å². The van der Waals surface area contributed by atoms with Crippen molar-refractivity contribution in [1.82, 2.24) is 20.4 Å². The van der Waals surface area contributed by atoms with Crippen LogP contribution in [0.3, 0.4) is 0 Å². The van der Waals surface area contributed by atoms with Crippen molar-refractivity contribution < 1.29 is 4.79 Å². The van der Waals surface area contributed by atoms with Crippen LogP contribution in [-0.2, 0) is 15.7 Å². The van der Waals surface area contributed by atoms with Gasteiger partial charge in [0.2, 0.25) is 5.91 Å². The van der Waals surface area contributed by atoms with E-state index in [0.717, 1.165) is 43.8 Å². The number of rotatable bonds is 5. The average Bonchev–Trinajstić information content (AvgIpc) is 3.40. The number of nitrogens with zero attached hydrogens (tertiary/aromatic N) is 2. The van der Waals surface area contributed by atoms with Crippen molar-refractivity contribution in [3.8, 4) is 0 Å². The Kier molecular flexibility index (Phi) is 5.24. The van der Waals surface area contributed by atoms with E-state index < -0.39 is 5.54 Å². The van der Waals surface area contributed by atoms with Gasteiger partial charge in [0.1, 0.15) is 5.54 Å². The maximum absolute atomic E-state index is 13.4. The Morgan fingerprint density at radius 2 is 1.85 bits per heavy atom. The number of carbonyl (C=O) groups excluding carboxylic acids is 1. The maximum Gasteiger partial charge on any atom is 0.248 e. The number of nitrogens with one attached hydrogen (secondary N) is 2. The van der Waals surface area contributed by atoms with E-state index in [1.54, 1.807) is 6.20 Å². The van der Waals surface area contributed by atoms with Gasteiger partial charge < -0.3 is 10.6 Å². The normalized spacial score (nSPS) is 21.1. The van der Waals surface area contributed by atoms with Crippen LogP contribution in [-0.4, -0.2) is 35.3 Å². The standard InChI is InChI=1S/C21H27ClN4O/c22-18-6-4-17(5-7-18)20(8-1-2-9-20)16-24-19(27)21(10-13-23-14-11-21)26-15-3-12-25-26/h3-7,12,15,23H,1-2,8-11,13-14,16H2,(H,24,27). The molecule has 144 valence electrons. The fourth-order valence-corrected chi connectivity index (χ4v) is 4.89. The number of halogens is 1. The second-order valence-electron chi connectivity index (χ2n) is 7.91. The van der Waals surface area contributed by atoms with E-state index in [-0.39, 0.29) is 11.3 Å². The van der Waals surface area contributed by atoms with Crippen LogP contribution in [0.4, 0.5) is 0 Å². The highest BCUT2D eigenvalue weighted by Crippen LogP contribution is 2.41. The van der Waals surface area contributed by atoms with Crippen molar-refractivity contribution in [3.63, 3.8) is 0 Å². The third-order valence-electron chi connectivity index (χ3n) is 6.40. The van der Waals surface area contributed by atoms with Gasteiger partial charge in [-0.25, -0.2) is 0 Å². The second kappa shape index (κ2) is 7.64. The van der Waals surface area contributed by atoms with E-state index in [1.165, 1.54) is 18.4 Å². The molecule has 1 saturated carbocycles. The maximum atomic E-state index is 13.4. The molecule has 2 N–H and O–H groups in total. The van der Waals surface area contributed by atoms with E-state index in [2.05, 4.69) is 27.9 Å². The van der Waals surface area contributed by atoms with Gasteiger partial charge in [-0.15, -0.1) is 0 Å². The van der Waals surface area contributed by atoms with Crippen LogP contribution in [0.15, 0.2) is 42.7 Å². The Bertz CT molecular complexity index is 760. The third kappa shape index (κ3) is 3.50. The van der Waals surface area contributed by atoms with Crippen LogP contribution < -0.4 is 10.6 Å². The molecule has 0 atom stereocenters. The molecule has 6 heteroatoms. The van der Waals surface area contributed by atoms with Gasteiger partial charge in [-0.2, -0.15) is 5.10 Å². The van der Waals surface area contributed by atoms with Crippen LogP contribution in [0.1, 0.15) is 44.1 Å². The summed E-state index contributed by atoms with van der Waals surface area (Å²) in [7, 11) is 0. The minimum atomic E-state index is -0.589. The zero-order chi connectivity index (χ0) is 18.7. The molecule has 1 aromatic heterocycles. The highest BCUT2D eigenvalue weighted by molar-refractivity contribution is 6.30. The molecular weight excluding hydrogens is 360 g/mol. The van der Waals surface area contributed by atoms with Gasteiger partial charge in [0, 0.05) is 29.4 Å². The molecule has 2 fully saturated rings. The molecule has 1 aromatic carbocycles. The molecule has 2 aromatic rings. The number of hydrogen-bond donors (Lipinski definition) is 2. The summed E-state index contributed by atoms with van der Waals surface area (Å²) in [5.74, 6) is 0.0907. The predicted octanol–water partition coefficient (Wildman–Crippen LogP) is 3.24. The van der Waals surface area contributed by atoms with E-state index >= 15 is 0 Å². The average molecular weight is 387 g/mol. The van der Waals surface area contributed by atoms with Crippen LogP contribution in [0.25, 0.3) is 0 Å². The SMILES string of the molecule is O=C(NCC1(c2ccc(Cl)cc2)CCCC1)C1(n2cccn2)CCNCC1. The third-order valence-corrected chi connectivity index (χ3v) is 6.65. The first kappa shape index (κ1) is 18.5. The molecule has 2 heterocycles. The second-order valence-corrected chi connectivity index (χ2v) is 8.35. The Morgan fingerprint density at radius 1 is 1.15 bits per heavy atom. The summed E-state index contributed by atoms with van der Waals surface area (Å²) in [5.41, 5.74) is 0.704. The Labute approximate surface area is 165 Å².